The largest absolute Gasteiger partial charge is 0.493 e. The summed E-state index contributed by atoms with van der Waals surface area (Å²) in [5, 5.41) is 11.8. The molecule has 4 amide bonds. The molecule has 4 rings (SSSR count). The topological polar surface area (TPSA) is 151 Å². The standard InChI is InChI=1S/C43H63N5O7/c1-7-37(54-28-33-16-12-9-13-17-33)40(43(6)29-55-43)35(24-30(2)3)46-38(49)26-44-41(51)36(25-31(4)5)47-42(52)34(19-18-32-14-10-8-11-15-32)45-39(50)27-48-20-22-53-23-21-48/h8-17,30-31,34-36H,7,18-29H2,1-6H3,(H,44,51)(H,45,50)(H,46,49)(H,47,52). The van der Waals surface area contributed by atoms with Gasteiger partial charge in [0.2, 0.25) is 23.6 Å². The maximum absolute atomic E-state index is 13.8. The number of ether oxygens (including phenoxy) is 3. The quantitative estimate of drug-likeness (QED) is 0.103. The zero-order chi connectivity index (χ0) is 39.8. The lowest BCUT2D eigenvalue weighted by Crippen LogP contribution is -2.56. The van der Waals surface area contributed by atoms with Crippen LogP contribution in [-0.2, 0) is 46.4 Å². The number of amides is 4. The van der Waals surface area contributed by atoms with Gasteiger partial charge in [0.15, 0.2) is 0 Å². The molecule has 2 aliphatic rings. The van der Waals surface area contributed by atoms with Gasteiger partial charge in [-0.1, -0.05) is 95.3 Å². The van der Waals surface area contributed by atoms with Gasteiger partial charge in [0, 0.05) is 25.1 Å². The molecular formula is C43H63N5O7. The summed E-state index contributed by atoms with van der Waals surface area (Å²) in [5.74, 6) is -0.421. The fourth-order valence-electron chi connectivity index (χ4n) is 6.89. The summed E-state index contributed by atoms with van der Waals surface area (Å²) in [6, 6.07) is 17.6. The highest BCUT2D eigenvalue weighted by molar-refractivity contribution is 5.93. The number of hydrogen-bond acceptors (Lipinski definition) is 8. The molecule has 2 fully saturated rings. The number of allylic oxidation sites excluding steroid dienone is 1. The molecule has 2 saturated heterocycles. The highest BCUT2D eigenvalue weighted by Gasteiger charge is 2.48. The number of nitrogens with one attached hydrogen (secondary N) is 4. The first-order chi connectivity index (χ1) is 26.4. The Labute approximate surface area is 327 Å². The SMILES string of the molecule is CCC(OCc1ccccc1)=C(C(CC(C)C)NC(=O)CNC(=O)C(CC(C)C)NC(=O)C(CCc1ccccc1)NC(=O)CN1CCOCC1)C1(C)CO1. The lowest BCUT2D eigenvalue weighted by molar-refractivity contribution is -0.133. The predicted octanol–water partition coefficient (Wildman–Crippen LogP) is 4.28. The number of benzene rings is 2. The molecule has 2 aromatic rings. The summed E-state index contributed by atoms with van der Waals surface area (Å²) in [5.41, 5.74) is 2.44. The molecule has 4 atom stereocenters. The van der Waals surface area contributed by atoms with Crippen LogP contribution in [0.25, 0.3) is 0 Å². The van der Waals surface area contributed by atoms with Crippen molar-refractivity contribution in [1.29, 1.82) is 0 Å². The Morgan fingerprint density at radius 2 is 1.36 bits per heavy atom. The number of rotatable bonds is 22. The van der Waals surface area contributed by atoms with E-state index in [1.165, 1.54) is 0 Å². The number of morpholine rings is 1. The molecule has 2 aliphatic heterocycles. The van der Waals surface area contributed by atoms with Crippen LogP contribution in [0.1, 0.15) is 78.4 Å². The number of hydrogen-bond donors (Lipinski definition) is 4. The summed E-state index contributed by atoms with van der Waals surface area (Å²) in [6.07, 6.45) is 2.54. The minimum absolute atomic E-state index is 0.0642. The molecule has 0 spiro atoms. The third kappa shape index (κ3) is 14.7. The van der Waals surface area contributed by atoms with Gasteiger partial charge in [-0.25, -0.2) is 0 Å². The van der Waals surface area contributed by atoms with Gasteiger partial charge in [-0.3, -0.25) is 24.1 Å². The van der Waals surface area contributed by atoms with Crippen molar-refractivity contribution in [2.75, 3.05) is 46.0 Å². The predicted molar refractivity (Wildman–Crippen MR) is 213 cm³/mol. The molecule has 12 heteroatoms. The Balaban J connectivity index is 1.43. The molecule has 4 unspecified atom stereocenters. The summed E-state index contributed by atoms with van der Waals surface area (Å²) in [6.45, 7) is 15.4. The van der Waals surface area contributed by atoms with E-state index in [2.05, 4.69) is 35.1 Å². The van der Waals surface area contributed by atoms with Crippen molar-refractivity contribution in [3.63, 3.8) is 0 Å². The Kier molecular flexibility index (Phi) is 17.2. The summed E-state index contributed by atoms with van der Waals surface area (Å²) in [4.78, 5) is 56.2. The molecule has 0 radical (unpaired) electrons. The van der Waals surface area contributed by atoms with Crippen LogP contribution in [0.3, 0.4) is 0 Å². The zero-order valence-electron chi connectivity index (χ0n) is 33.7. The van der Waals surface area contributed by atoms with E-state index in [0.29, 0.717) is 71.6 Å². The van der Waals surface area contributed by atoms with Crippen LogP contribution in [-0.4, -0.2) is 98.3 Å². The van der Waals surface area contributed by atoms with Crippen LogP contribution in [0.4, 0.5) is 0 Å². The van der Waals surface area contributed by atoms with Gasteiger partial charge in [0.1, 0.15) is 30.1 Å². The van der Waals surface area contributed by atoms with Crippen LogP contribution in [0.15, 0.2) is 72.0 Å². The van der Waals surface area contributed by atoms with Crippen molar-refractivity contribution in [3.05, 3.63) is 83.1 Å². The maximum atomic E-state index is 13.8. The monoisotopic (exact) mass is 761 g/mol. The first kappa shape index (κ1) is 43.5. The second kappa shape index (κ2) is 21.7. The van der Waals surface area contributed by atoms with Gasteiger partial charge < -0.3 is 35.5 Å². The first-order valence-corrected chi connectivity index (χ1v) is 19.9. The normalized spacial score (nSPS) is 19.1. The van der Waals surface area contributed by atoms with Crippen LogP contribution in [0.2, 0.25) is 0 Å². The number of epoxide rings is 1. The lowest BCUT2D eigenvalue weighted by atomic mass is 9.87. The lowest BCUT2D eigenvalue weighted by Gasteiger charge is -2.29. The van der Waals surface area contributed by atoms with Crippen molar-refractivity contribution < 1.29 is 33.4 Å². The molecule has 55 heavy (non-hydrogen) atoms. The highest BCUT2D eigenvalue weighted by atomic mass is 16.6. The number of nitrogens with zero attached hydrogens (tertiary/aromatic N) is 1. The van der Waals surface area contributed by atoms with Gasteiger partial charge in [-0.05, 0) is 55.6 Å². The minimum atomic E-state index is -0.908. The average molecular weight is 762 g/mol. The Hall–Kier alpha value is -4.26. The van der Waals surface area contributed by atoms with Crippen LogP contribution in [0.5, 0.6) is 0 Å². The van der Waals surface area contributed by atoms with E-state index < -0.39 is 29.5 Å². The van der Waals surface area contributed by atoms with Crippen molar-refractivity contribution in [2.45, 2.75) is 104 Å². The molecule has 0 aromatic heterocycles. The van der Waals surface area contributed by atoms with Crippen LogP contribution >= 0.6 is 0 Å². The van der Waals surface area contributed by atoms with Crippen LogP contribution < -0.4 is 21.3 Å². The van der Waals surface area contributed by atoms with E-state index in [4.69, 9.17) is 14.2 Å². The molecule has 0 bridgehead atoms. The molecule has 0 saturated carbocycles. The van der Waals surface area contributed by atoms with Crippen molar-refractivity contribution in [1.82, 2.24) is 26.2 Å². The third-order valence-electron chi connectivity index (χ3n) is 9.87. The van der Waals surface area contributed by atoms with Crippen molar-refractivity contribution in [3.8, 4) is 0 Å². The average Bonchev–Trinajstić information content (AvgIpc) is 3.91. The first-order valence-electron chi connectivity index (χ1n) is 19.9. The van der Waals surface area contributed by atoms with Gasteiger partial charge in [-0.15, -0.1) is 0 Å². The minimum Gasteiger partial charge on any atom is -0.493 e. The Morgan fingerprint density at radius 3 is 1.95 bits per heavy atom. The van der Waals surface area contributed by atoms with Gasteiger partial charge >= 0.3 is 0 Å². The molecule has 0 aliphatic carbocycles. The van der Waals surface area contributed by atoms with Gasteiger partial charge in [0.25, 0.3) is 0 Å². The van der Waals surface area contributed by atoms with Crippen molar-refractivity contribution >= 4 is 23.6 Å². The molecule has 4 N–H and O–H groups in total. The Bertz CT molecular complexity index is 1560. The van der Waals surface area contributed by atoms with E-state index in [-0.39, 0.29) is 42.8 Å². The Morgan fingerprint density at radius 1 is 0.782 bits per heavy atom. The summed E-state index contributed by atoms with van der Waals surface area (Å²) in [7, 11) is 0. The molecule has 2 aromatic carbocycles. The van der Waals surface area contributed by atoms with Crippen LogP contribution in [0, 0.1) is 11.8 Å². The maximum Gasteiger partial charge on any atom is 0.243 e. The van der Waals surface area contributed by atoms with E-state index in [1.54, 1.807) is 0 Å². The van der Waals surface area contributed by atoms with Crippen molar-refractivity contribution in [2.24, 2.45) is 11.8 Å². The number of carbonyl (C=O) groups is 4. The van der Waals surface area contributed by atoms with E-state index >= 15 is 0 Å². The van der Waals surface area contributed by atoms with E-state index in [0.717, 1.165) is 22.5 Å². The van der Waals surface area contributed by atoms with Gasteiger partial charge in [-0.2, -0.15) is 0 Å². The number of carbonyl (C=O) groups excluding carboxylic acids is 4. The second-order valence-electron chi connectivity index (χ2n) is 15.7. The molecular weight excluding hydrogens is 699 g/mol. The van der Waals surface area contributed by atoms with Gasteiger partial charge in [0.05, 0.1) is 39.0 Å². The summed E-state index contributed by atoms with van der Waals surface area (Å²) >= 11 is 0. The smallest absolute Gasteiger partial charge is 0.243 e. The zero-order valence-corrected chi connectivity index (χ0v) is 33.7. The molecule has 302 valence electrons. The number of aryl methyl sites for hydroxylation is 1. The molecule has 12 nitrogen and oxygen atoms in total. The second-order valence-corrected chi connectivity index (χ2v) is 15.7. The van der Waals surface area contributed by atoms with E-state index in [9.17, 15) is 19.2 Å². The fraction of sp³-hybridized carbons (Fsp3) is 0.581. The third-order valence-corrected chi connectivity index (χ3v) is 9.87. The highest BCUT2D eigenvalue weighted by Crippen LogP contribution is 2.41. The van der Waals surface area contributed by atoms with E-state index in [1.807, 2.05) is 93.3 Å². The summed E-state index contributed by atoms with van der Waals surface area (Å²) < 4.78 is 17.7. The fourth-order valence-corrected chi connectivity index (χ4v) is 6.89. The molecule has 2 heterocycles.